The lowest BCUT2D eigenvalue weighted by Crippen LogP contribution is -2.47. The molecule has 2 fully saturated rings. The van der Waals surface area contributed by atoms with E-state index in [0.717, 1.165) is 32.4 Å². The number of carbonyl (C=O) groups excluding carboxylic acids is 2. The van der Waals surface area contributed by atoms with E-state index < -0.39 is 6.10 Å². The number of rotatable bonds is 5. The first kappa shape index (κ1) is 22.7. The number of carbonyl (C=O) groups is 2. The summed E-state index contributed by atoms with van der Waals surface area (Å²) in [5, 5.41) is 9.19. The van der Waals surface area contributed by atoms with Gasteiger partial charge in [0, 0.05) is 17.8 Å². The first-order valence-electron chi connectivity index (χ1n) is 12.2. The van der Waals surface area contributed by atoms with E-state index in [2.05, 4.69) is 20.9 Å². The average molecular weight is 467 g/mol. The zero-order valence-corrected chi connectivity index (χ0v) is 19.4. The second-order valence-corrected chi connectivity index (χ2v) is 9.45. The maximum absolute atomic E-state index is 14.2. The lowest BCUT2D eigenvalue weighted by Gasteiger charge is -2.39. The van der Waals surface area contributed by atoms with Crippen molar-refractivity contribution >= 4 is 28.9 Å². The zero-order chi connectivity index (χ0) is 23.7. The largest absolute Gasteiger partial charge is 0.479 e. The average Bonchev–Trinajstić information content (AvgIpc) is 3.35. The van der Waals surface area contributed by atoms with Crippen LogP contribution < -0.4 is 20.7 Å². The van der Waals surface area contributed by atoms with Gasteiger partial charge in [0.15, 0.2) is 6.10 Å². The minimum Gasteiger partial charge on any atom is -0.479 e. The molecule has 0 bridgehead atoms. The Morgan fingerprint density at radius 1 is 1.09 bits per heavy atom. The summed E-state index contributed by atoms with van der Waals surface area (Å²) < 4.78 is 19.8. The molecule has 1 saturated heterocycles. The normalized spacial score (nSPS) is 24.6. The van der Waals surface area contributed by atoms with Crippen LogP contribution in [-0.4, -0.2) is 48.0 Å². The Bertz CT molecular complexity index is 1090. The number of halogens is 1. The number of nitrogens with one attached hydrogen (secondary N) is 3. The van der Waals surface area contributed by atoms with Crippen molar-refractivity contribution in [2.45, 2.75) is 63.6 Å². The molecular weight excluding hydrogens is 435 g/mol. The standard InChI is InChI=1S/C26H31FN4O3/c1-16-25(32)30-22-15-18(9-11-24(22)34-16)28-26(33)19-10-8-17(27)14-21(19)29-20-6-2-3-7-23(20)31-12-4-5-13-31/h8-11,14-16,20,23,29H,2-7,12-13H2,1H3,(H,28,33)(H,30,32)/t16-,20-,23+/m1/s1. The number of hydrogen-bond donors (Lipinski definition) is 3. The Morgan fingerprint density at radius 2 is 1.88 bits per heavy atom. The molecule has 0 radical (unpaired) electrons. The third kappa shape index (κ3) is 4.73. The van der Waals surface area contributed by atoms with E-state index in [-0.39, 0.29) is 23.7 Å². The molecule has 1 aliphatic carbocycles. The molecule has 2 aromatic rings. The van der Waals surface area contributed by atoms with E-state index in [0.29, 0.717) is 34.4 Å². The SMILES string of the molecule is C[C@H]1Oc2ccc(NC(=O)c3ccc(F)cc3N[C@@H]3CCCC[C@@H]3N3CCCC3)cc2NC1=O. The topological polar surface area (TPSA) is 82.7 Å². The molecule has 180 valence electrons. The van der Waals surface area contributed by atoms with E-state index in [1.165, 1.54) is 37.5 Å². The highest BCUT2D eigenvalue weighted by molar-refractivity contribution is 6.08. The number of anilines is 3. The summed E-state index contributed by atoms with van der Waals surface area (Å²) in [6.07, 6.45) is 6.33. The van der Waals surface area contributed by atoms with Crippen molar-refractivity contribution in [3.05, 3.63) is 47.8 Å². The molecule has 3 N–H and O–H groups in total. The number of benzene rings is 2. The first-order chi connectivity index (χ1) is 16.5. The van der Waals surface area contributed by atoms with Gasteiger partial charge in [0.2, 0.25) is 0 Å². The number of ether oxygens (including phenoxy) is 1. The summed E-state index contributed by atoms with van der Waals surface area (Å²) in [4.78, 5) is 27.7. The molecule has 2 aromatic carbocycles. The molecule has 3 atom stereocenters. The van der Waals surface area contributed by atoms with Gasteiger partial charge in [0.25, 0.3) is 11.8 Å². The van der Waals surface area contributed by atoms with Gasteiger partial charge in [-0.2, -0.15) is 0 Å². The van der Waals surface area contributed by atoms with Crippen molar-refractivity contribution in [2.75, 3.05) is 29.0 Å². The Balaban J connectivity index is 1.35. The molecule has 1 saturated carbocycles. The second kappa shape index (κ2) is 9.62. The van der Waals surface area contributed by atoms with Gasteiger partial charge in [-0.3, -0.25) is 14.5 Å². The molecule has 2 heterocycles. The highest BCUT2D eigenvalue weighted by Gasteiger charge is 2.32. The minimum absolute atomic E-state index is 0.179. The van der Waals surface area contributed by atoms with Gasteiger partial charge in [0.05, 0.1) is 16.9 Å². The lowest BCUT2D eigenvalue weighted by molar-refractivity contribution is -0.122. The zero-order valence-electron chi connectivity index (χ0n) is 19.4. The fourth-order valence-electron chi connectivity index (χ4n) is 5.31. The van der Waals surface area contributed by atoms with E-state index in [1.54, 1.807) is 25.1 Å². The third-order valence-electron chi connectivity index (χ3n) is 7.07. The number of nitrogens with zero attached hydrogens (tertiary/aromatic N) is 1. The smallest absolute Gasteiger partial charge is 0.265 e. The van der Waals surface area contributed by atoms with Crippen LogP contribution in [0.25, 0.3) is 0 Å². The van der Waals surface area contributed by atoms with E-state index >= 15 is 0 Å². The van der Waals surface area contributed by atoms with Crippen LogP contribution in [0.4, 0.5) is 21.5 Å². The van der Waals surface area contributed by atoms with Gasteiger partial charge in [-0.1, -0.05) is 12.8 Å². The molecule has 0 spiro atoms. The molecule has 2 amide bonds. The number of likely N-dealkylation sites (tertiary alicyclic amines) is 1. The van der Waals surface area contributed by atoms with Crippen molar-refractivity contribution in [3.8, 4) is 5.75 Å². The van der Waals surface area contributed by atoms with Crippen LogP contribution in [0.15, 0.2) is 36.4 Å². The molecule has 0 unspecified atom stereocenters. The molecule has 5 rings (SSSR count). The van der Waals surface area contributed by atoms with Gasteiger partial charge in [-0.15, -0.1) is 0 Å². The fourth-order valence-corrected chi connectivity index (χ4v) is 5.31. The van der Waals surface area contributed by atoms with Crippen molar-refractivity contribution < 1.29 is 18.7 Å². The minimum atomic E-state index is -0.565. The summed E-state index contributed by atoms with van der Waals surface area (Å²) in [6.45, 7) is 3.89. The maximum Gasteiger partial charge on any atom is 0.265 e. The molecule has 2 aliphatic heterocycles. The summed E-state index contributed by atoms with van der Waals surface area (Å²) in [6, 6.07) is 9.92. The van der Waals surface area contributed by atoms with Crippen molar-refractivity contribution in [2.24, 2.45) is 0 Å². The summed E-state index contributed by atoms with van der Waals surface area (Å²) in [5.74, 6) is -0.400. The lowest BCUT2D eigenvalue weighted by atomic mass is 9.89. The molecule has 0 aromatic heterocycles. The van der Waals surface area contributed by atoms with Gasteiger partial charge < -0.3 is 20.7 Å². The van der Waals surface area contributed by atoms with Crippen molar-refractivity contribution in [1.82, 2.24) is 4.90 Å². The van der Waals surface area contributed by atoms with Crippen LogP contribution >= 0.6 is 0 Å². The van der Waals surface area contributed by atoms with Gasteiger partial charge in [-0.05, 0) is 82.1 Å². The second-order valence-electron chi connectivity index (χ2n) is 9.45. The Hall–Kier alpha value is -3.13. The van der Waals surface area contributed by atoms with Gasteiger partial charge >= 0.3 is 0 Å². The predicted octanol–water partition coefficient (Wildman–Crippen LogP) is 4.62. The highest BCUT2D eigenvalue weighted by atomic mass is 19.1. The fraction of sp³-hybridized carbons (Fsp3) is 0.462. The van der Waals surface area contributed by atoms with E-state index in [9.17, 15) is 14.0 Å². The summed E-state index contributed by atoms with van der Waals surface area (Å²) >= 11 is 0. The molecular formula is C26H31FN4O3. The number of hydrogen-bond acceptors (Lipinski definition) is 5. The van der Waals surface area contributed by atoms with Crippen LogP contribution in [0.3, 0.4) is 0 Å². The summed E-state index contributed by atoms with van der Waals surface area (Å²) in [7, 11) is 0. The molecule has 34 heavy (non-hydrogen) atoms. The molecule has 7 nitrogen and oxygen atoms in total. The van der Waals surface area contributed by atoms with Gasteiger partial charge in [0.1, 0.15) is 11.6 Å². The van der Waals surface area contributed by atoms with Crippen LogP contribution in [0, 0.1) is 5.82 Å². The Kier molecular flexibility index (Phi) is 6.41. The Morgan fingerprint density at radius 3 is 2.71 bits per heavy atom. The predicted molar refractivity (Wildman–Crippen MR) is 130 cm³/mol. The Labute approximate surface area is 199 Å². The van der Waals surface area contributed by atoms with Crippen molar-refractivity contribution in [3.63, 3.8) is 0 Å². The van der Waals surface area contributed by atoms with Crippen LogP contribution in [0.1, 0.15) is 55.8 Å². The molecule has 8 heteroatoms. The summed E-state index contributed by atoms with van der Waals surface area (Å²) in [5.41, 5.74) is 1.93. The quantitative estimate of drug-likeness (QED) is 0.599. The first-order valence-corrected chi connectivity index (χ1v) is 12.2. The maximum atomic E-state index is 14.2. The van der Waals surface area contributed by atoms with Gasteiger partial charge in [-0.25, -0.2) is 4.39 Å². The van der Waals surface area contributed by atoms with Crippen LogP contribution in [0.2, 0.25) is 0 Å². The third-order valence-corrected chi connectivity index (χ3v) is 7.07. The number of amides is 2. The van der Waals surface area contributed by atoms with E-state index in [4.69, 9.17) is 4.74 Å². The molecule has 3 aliphatic rings. The van der Waals surface area contributed by atoms with E-state index in [1.807, 2.05) is 0 Å². The van der Waals surface area contributed by atoms with Crippen LogP contribution in [0.5, 0.6) is 5.75 Å². The number of fused-ring (bicyclic) bond motifs is 1. The highest BCUT2D eigenvalue weighted by Crippen LogP contribution is 2.33. The monoisotopic (exact) mass is 466 g/mol. The van der Waals surface area contributed by atoms with Crippen LogP contribution in [-0.2, 0) is 4.79 Å². The van der Waals surface area contributed by atoms with Crippen molar-refractivity contribution in [1.29, 1.82) is 0 Å².